The average Bonchev–Trinajstić information content (AvgIpc) is 3.56. The van der Waals surface area contributed by atoms with E-state index in [9.17, 15) is 14.4 Å². The zero-order valence-corrected chi connectivity index (χ0v) is 23.2. The maximum atomic E-state index is 14.1. The standard InChI is InChI=1S/C30H31Cl2N3O4/c1-17-11-12-20(15-22(17)32)34-27(36)24-23-13-14-30(39-23)25(24)29(38)35(16-18-7-5-6-10-21(18)31)26(30)28(37)33-19-8-3-2-4-9-19/h5-7,10-15,19,23-26H,2-4,8-9,16H2,1H3,(H,33,37)(H,34,36)/t23-,24-,25-,26-,30-/m0/s1. The van der Waals surface area contributed by atoms with Gasteiger partial charge >= 0.3 is 0 Å². The molecular formula is C30H31Cl2N3O4. The summed E-state index contributed by atoms with van der Waals surface area (Å²) in [7, 11) is 0. The molecular weight excluding hydrogens is 537 g/mol. The molecule has 2 bridgehead atoms. The maximum Gasteiger partial charge on any atom is 0.246 e. The van der Waals surface area contributed by atoms with Crippen LogP contribution in [0.4, 0.5) is 5.69 Å². The summed E-state index contributed by atoms with van der Waals surface area (Å²) in [6.07, 6.45) is 8.15. The number of anilines is 1. The van der Waals surface area contributed by atoms with Crippen LogP contribution in [0.2, 0.25) is 10.0 Å². The normalized spacial score (nSPS) is 29.5. The van der Waals surface area contributed by atoms with Gasteiger partial charge in [0.25, 0.3) is 0 Å². The molecule has 2 aromatic carbocycles. The van der Waals surface area contributed by atoms with Crippen molar-refractivity contribution in [2.45, 2.75) is 69.4 Å². The molecule has 7 nitrogen and oxygen atoms in total. The Kier molecular flexibility index (Phi) is 6.94. The van der Waals surface area contributed by atoms with Crippen molar-refractivity contribution in [1.82, 2.24) is 10.2 Å². The van der Waals surface area contributed by atoms with Crippen LogP contribution in [0.3, 0.4) is 0 Å². The van der Waals surface area contributed by atoms with Crippen LogP contribution in [0.25, 0.3) is 0 Å². The molecule has 39 heavy (non-hydrogen) atoms. The third-order valence-corrected chi connectivity index (χ3v) is 9.39. The van der Waals surface area contributed by atoms with E-state index in [0.29, 0.717) is 15.7 Å². The van der Waals surface area contributed by atoms with Gasteiger partial charge in [-0.2, -0.15) is 0 Å². The highest BCUT2D eigenvalue weighted by atomic mass is 35.5. The van der Waals surface area contributed by atoms with Crippen LogP contribution in [-0.2, 0) is 25.7 Å². The molecule has 1 saturated carbocycles. The van der Waals surface area contributed by atoms with Gasteiger partial charge in [-0.3, -0.25) is 14.4 Å². The highest BCUT2D eigenvalue weighted by molar-refractivity contribution is 6.31. The number of carbonyl (C=O) groups excluding carboxylic acids is 3. The summed E-state index contributed by atoms with van der Waals surface area (Å²) in [6, 6.07) is 11.7. The number of hydrogen-bond acceptors (Lipinski definition) is 4. The third-order valence-electron chi connectivity index (χ3n) is 8.61. The SMILES string of the molecule is Cc1ccc(NC(=O)[C@H]2[C@@H]3C=C[C@]4(O3)[C@@H]2C(=O)N(Cc2ccccc2Cl)[C@H]4C(=O)NC2CCCCC2)cc1Cl. The molecule has 1 spiro atoms. The molecule has 0 radical (unpaired) electrons. The molecule has 0 unspecified atom stereocenters. The lowest BCUT2D eigenvalue weighted by Crippen LogP contribution is -2.56. The Morgan fingerprint density at radius 1 is 1.05 bits per heavy atom. The summed E-state index contributed by atoms with van der Waals surface area (Å²) in [5.74, 6) is -2.49. The van der Waals surface area contributed by atoms with Crippen LogP contribution in [0.15, 0.2) is 54.6 Å². The quantitative estimate of drug-likeness (QED) is 0.478. The van der Waals surface area contributed by atoms with E-state index in [1.54, 1.807) is 23.1 Å². The van der Waals surface area contributed by atoms with Crippen molar-refractivity contribution >= 4 is 46.6 Å². The maximum absolute atomic E-state index is 14.1. The van der Waals surface area contributed by atoms with E-state index in [1.165, 1.54) is 0 Å². The fourth-order valence-electron chi connectivity index (χ4n) is 6.67. The van der Waals surface area contributed by atoms with Crippen molar-refractivity contribution < 1.29 is 19.1 Å². The van der Waals surface area contributed by atoms with Crippen molar-refractivity contribution in [3.63, 3.8) is 0 Å². The minimum atomic E-state index is -1.23. The number of ether oxygens (including phenoxy) is 1. The Hall–Kier alpha value is -2.87. The second-order valence-electron chi connectivity index (χ2n) is 11.1. The molecule has 9 heteroatoms. The number of aryl methyl sites for hydroxylation is 1. The molecule has 1 aliphatic carbocycles. The highest BCUT2D eigenvalue weighted by Crippen LogP contribution is 2.55. The van der Waals surface area contributed by atoms with Gasteiger partial charge in [0.2, 0.25) is 17.7 Å². The Morgan fingerprint density at radius 3 is 2.56 bits per heavy atom. The van der Waals surface area contributed by atoms with Gasteiger partial charge in [-0.05, 0) is 49.1 Å². The van der Waals surface area contributed by atoms with Crippen molar-refractivity contribution in [1.29, 1.82) is 0 Å². The van der Waals surface area contributed by atoms with E-state index in [2.05, 4.69) is 10.6 Å². The molecule has 4 aliphatic rings. The summed E-state index contributed by atoms with van der Waals surface area (Å²) < 4.78 is 6.44. The molecule has 204 valence electrons. The Bertz CT molecular complexity index is 1360. The van der Waals surface area contributed by atoms with Gasteiger partial charge in [0.15, 0.2) is 0 Å². The van der Waals surface area contributed by atoms with Crippen molar-refractivity contribution in [2.75, 3.05) is 5.32 Å². The summed E-state index contributed by atoms with van der Waals surface area (Å²) in [5, 5.41) is 7.17. The first-order valence-electron chi connectivity index (χ1n) is 13.6. The van der Waals surface area contributed by atoms with Crippen LogP contribution in [0, 0.1) is 18.8 Å². The molecule has 2 aromatic rings. The molecule has 0 aromatic heterocycles. The minimum absolute atomic E-state index is 0.0620. The van der Waals surface area contributed by atoms with Crippen molar-refractivity contribution in [3.05, 3.63) is 75.8 Å². The number of likely N-dealkylation sites (tertiary alicyclic amines) is 1. The summed E-state index contributed by atoms with van der Waals surface area (Å²) in [5.41, 5.74) is 0.941. The smallest absolute Gasteiger partial charge is 0.246 e. The first-order valence-corrected chi connectivity index (χ1v) is 14.3. The molecule has 3 heterocycles. The summed E-state index contributed by atoms with van der Waals surface area (Å²) in [4.78, 5) is 43.3. The zero-order valence-electron chi connectivity index (χ0n) is 21.7. The van der Waals surface area contributed by atoms with E-state index in [-0.39, 0.29) is 30.3 Å². The van der Waals surface area contributed by atoms with Gasteiger partial charge in [-0.1, -0.05) is 78.9 Å². The lowest BCUT2D eigenvalue weighted by molar-refractivity contribution is -0.142. The van der Waals surface area contributed by atoms with Gasteiger partial charge in [-0.15, -0.1) is 0 Å². The molecule has 3 aliphatic heterocycles. The lowest BCUT2D eigenvalue weighted by Gasteiger charge is -2.34. The number of fused-ring (bicyclic) bond motifs is 1. The molecule has 5 atom stereocenters. The van der Waals surface area contributed by atoms with Gasteiger partial charge in [0, 0.05) is 28.3 Å². The van der Waals surface area contributed by atoms with E-state index < -0.39 is 29.6 Å². The number of rotatable bonds is 6. The molecule has 3 fully saturated rings. The fourth-order valence-corrected chi connectivity index (χ4v) is 7.05. The Labute approximate surface area is 237 Å². The van der Waals surface area contributed by atoms with E-state index >= 15 is 0 Å². The predicted molar refractivity (Wildman–Crippen MR) is 149 cm³/mol. The van der Waals surface area contributed by atoms with Gasteiger partial charge in [0.05, 0.1) is 17.9 Å². The molecule has 2 N–H and O–H groups in total. The second-order valence-corrected chi connectivity index (χ2v) is 11.9. The summed E-state index contributed by atoms with van der Waals surface area (Å²) in [6.45, 7) is 2.03. The number of nitrogens with zero attached hydrogens (tertiary/aromatic N) is 1. The minimum Gasteiger partial charge on any atom is -0.359 e. The van der Waals surface area contributed by atoms with Crippen LogP contribution in [-0.4, -0.2) is 46.4 Å². The van der Waals surface area contributed by atoms with Crippen molar-refractivity contribution in [2.24, 2.45) is 11.8 Å². The lowest BCUT2D eigenvalue weighted by atomic mass is 9.74. The predicted octanol–water partition coefficient (Wildman–Crippen LogP) is 5.04. The second kappa shape index (κ2) is 10.3. The van der Waals surface area contributed by atoms with E-state index in [0.717, 1.165) is 43.2 Å². The van der Waals surface area contributed by atoms with Crippen LogP contribution < -0.4 is 10.6 Å². The van der Waals surface area contributed by atoms with Crippen LogP contribution in [0.5, 0.6) is 0 Å². The van der Waals surface area contributed by atoms with Gasteiger partial charge in [0.1, 0.15) is 11.6 Å². The Morgan fingerprint density at radius 2 is 1.82 bits per heavy atom. The highest BCUT2D eigenvalue weighted by Gasteiger charge is 2.72. The number of carbonyl (C=O) groups is 3. The van der Waals surface area contributed by atoms with E-state index in [1.807, 2.05) is 43.3 Å². The van der Waals surface area contributed by atoms with E-state index in [4.69, 9.17) is 27.9 Å². The van der Waals surface area contributed by atoms with Crippen LogP contribution >= 0.6 is 23.2 Å². The van der Waals surface area contributed by atoms with Gasteiger partial charge in [-0.25, -0.2) is 0 Å². The number of hydrogen-bond donors (Lipinski definition) is 2. The first kappa shape index (κ1) is 26.4. The first-order chi connectivity index (χ1) is 18.8. The number of halogens is 2. The largest absolute Gasteiger partial charge is 0.359 e. The number of benzene rings is 2. The fraction of sp³-hybridized carbons (Fsp3) is 0.433. The summed E-state index contributed by atoms with van der Waals surface area (Å²) >= 11 is 12.7. The molecule has 2 saturated heterocycles. The molecule has 6 rings (SSSR count). The Balaban J connectivity index is 1.33. The van der Waals surface area contributed by atoms with Gasteiger partial charge < -0.3 is 20.3 Å². The van der Waals surface area contributed by atoms with Crippen molar-refractivity contribution in [3.8, 4) is 0 Å². The number of nitrogens with one attached hydrogen (secondary N) is 2. The monoisotopic (exact) mass is 567 g/mol. The topological polar surface area (TPSA) is 87.7 Å². The zero-order chi connectivity index (χ0) is 27.3. The third kappa shape index (κ3) is 4.54. The average molecular weight is 569 g/mol. The molecule has 3 amide bonds. The van der Waals surface area contributed by atoms with Crippen LogP contribution in [0.1, 0.15) is 43.2 Å². The number of amides is 3.